The SMILES string of the molecule is CN1CCCN(N2CCN(C)CC2)CC1. The van der Waals surface area contributed by atoms with Gasteiger partial charge in [0.15, 0.2) is 0 Å². The first-order valence-electron chi connectivity index (χ1n) is 6.12. The van der Waals surface area contributed by atoms with Crippen molar-refractivity contribution in [1.29, 1.82) is 0 Å². The van der Waals surface area contributed by atoms with E-state index in [1.54, 1.807) is 0 Å². The van der Waals surface area contributed by atoms with Crippen molar-refractivity contribution in [3.8, 4) is 0 Å². The molecule has 0 saturated carbocycles. The number of hydrogen-bond acceptors (Lipinski definition) is 4. The van der Waals surface area contributed by atoms with Crippen LogP contribution in [0.1, 0.15) is 6.42 Å². The lowest BCUT2D eigenvalue weighted by Gasteiger charge is -2.39. The van der Waals surface area contributed by atoms with Gasteiger partial charge in [-0.2, -0.15) is 0 Å². The number of likely N-dealkylation sites (N-methyl/N-ethyl adjacent to an activating group) is 2. The topological polar surface area (TPSA) is 13.0 Å². The second-order valence-electron chi connectivity index (χ2n) is 4.87. The Balaban J connectivity index is 1.82. The molecule has 0 aromatic heterocycles. The van der Waals surface area contributed by atoms with Gasteiger partial charge in [-0.05, 0) is 27.1 Å². The highest BCUT2D eigenvalue weighted by Gasteiger charge is 2.21. The van der Waals surface area contributed by atoms with Gasteiger partial charge in [-0.1, -0.05) is 0 Å². The van der Waals surface area contributed by atoms with Crippen molar-refractivity contribution >= 4 is 0 Å². The maximum Gasteiger partial charge on any atom is 0.0261 e. The van der Waals surface area contributed by atoms with Crippen molar-refractivity contribution in [2.75, 3.05) is 66.5 Å². The smallest absolute Gasteiger partial charge is 0.0261 e. The van der Waals surface area contributed by atoms with Gasteiger partial charge in [0, 0.05) is 45.8 Å². The highest BCUT2D eigenvalue weighted by Crippen LogP contribution is 2.08. The van der Waals surface area contributed by atoms with E-state index in [-0.39, 0.29) is 0 Å². The molecule has 2 saturated heterocycles. The van der Waals surface area contributed by atoms with E-state index in [4.69, 9.17) is 0 Å². The fourth-order valence-corrected chi connectivity index (χ4v) is 2.39. The molecule has 0 radical (unpaired) electrons. The Kier molecular flexibility index (Phi) is 3.97. The second kappa shape index (κ2) is 5.25. The highest BCUT2D eigenvalue weighted by atomic mass is 15.6. The molecule has 88 valence electrons. The van der Waals surface area contributed by atoms with E-state index >= 15 is 0 Å². The monoisotopic (exact) mass is 212 g/mol. The molecular formula is C11H24N4. The first-order valence-corrected chi connectivity index (χ1v) is 6.12. The third-order valence-electron chi connectivity index (χ3n) is 3.58. The molecule has 0 aromatic carbocycles. The number of hydrazine groups is 1. The zero-order valence-corrected chi connectivity index (χ0v) is 10.2. The lowest BCUT2D eigenvalue weighted by Crippen LogP contribution is -2.53. The van der Waals surface area contributed by atoms with Gasteiger partial charge in [0.25, 0.3) is 0 Å². The van der Waals surface area contributed by atoms with Crippen LogP contribution in [0.25, 0.3) is 0 Å². The zero-order chi connectivity index (χ0) is 10.7. The quantitative estimate of drug-likeness (QED) is 0.596. The van der Waals surface area contributed by atoms with Gasteiger partial charge in [-0.15, -0.1) is 0 Å². The van der Waals surface area contributed by atoms with Crippen molar-refractivity contribution in [2.24, 2.45) is 0 Å². The van der Waals surface area contributed by atoms with Crippen LogP contribution >= 0.6 is 0 Å². The van der Waals surface area contributed by atoms with Crippen LogP contribution in [0.4, 0.5) is 0 Å². The van der Waals surface area contributed by atoms with Gasteiger partial charge < -0.3 is 9.80 Å². The molecule has 4 heteroatoms. The standard InChI is InChI=1S/C11H24N4/c1-12-4-3-5-14(9-6-12)15-10-7-13(2)8-11-15/h3-11H2,1-2H3. The van der Waals surface area contributed by atoms with Crippen LogP contribution in [-0.2, 0) is 0 Å². The molecule has 2 heterocycles. The molecule has 2 rings (SSSR count). The maximum atomic E-state index is 2.57. The van der Waals surface area contributed by atoms with Crippen molar-refractivity contribution in [2.45, 2.75) is 6.42 Å². The molecule has 0 unspecified atom stereocenters. The number of rotatable bonds is 1. The van der Waals surface area contributed by atoms with E-state index in [0.717, 1.165) is 0 Å². The van der Waals surface area contributed by atoms with Gasteiger partial charge in [0.1, 0.15) is 0 Å². The zero-order valence-electron chi connectivity index (χ0n) is 10.2. The Morgan fingerprint density at radius 1 is 0.533 bits per heavy atom. The summed E-state index contributed by atoms with van der Waals surface area (Å²) < 4.78 is 0. The minimum Gasteiger partial charge on any atom is -0.305 e. The lowest BCUT2D eigenvalue weighted by molar-refractivity contribution is -0.0500. The van der Waals surface area contributed by atoms with Crippen LogP contribution in [0, 0.1) is 0 Å². The minimum absolute atomic E-state index is 1.21. The van der Waals surface area contributed by atoms with Crippen molar-refractivity contribution < 1.29 is 0 Å². The fourth-order valence-electron chi connectivity index (χ4n) is 2.39. The highest BCUT2D eigenvalue weighted by molar-refractivity contribution is 4.71. The van der Waals surface area contributed by atoms with Crippen LogP contribution in [0.2, 0.25) is 0 Å². The van der Waals surface area contributed by atoms with E-state index in [9.17, 15) is 0 Å². The summed E-state index contributed by atoms with van der Waals surface area (Å²) in [4.78, 5) is 4.86. The van der Waals surface area contributed by atoms with Crippen molar-refractivity contribution in [3.63, 3.8) is 0 Å². The normalized spacial score (nSPS) is 29.2. The molecule has 15 heavy (non-hydrogen) atoms. The molecule has 2 aliphatic rings. The maximum absolute atomic E-state index is 2.57. The average Bonchev–Trinajstić information content (AvgIpc) is 2.44. The third-order valence-corrected chi connectivity index (χ3v) is 3.58. The van der Waals surface area contributed by atoms with Crippen molar-refractivity contribution in [3.05, 3.63) is 0 Å². The van der Waals surface area contributed by atoms with Crippen LogP contribution < -0.4 is 0 Å². The van der Waals surface area contributed by atoms with Crippen LogP contribution in [-0.4, -0.2) is 86.3 Å². The molecule has 0 aliphatic carbocycles. The molecule has 0 N–H and O–H groups in total. The minimum atomic E-state index is 1.21. The molecular weight excluding hydrogens is 188 g/mol. The Hall–Kier alpha value is -0.160. The third kappa shape index (κ3) is 3.14. The van der Waals surface area contributed by atoms with Crippen LogP contribution in [0.15, 0.2) is 0 Å². The van der Waals surface area contributed by atoms with E-state index in [2.05, 4.69) is 33.9 Å². The number of hydrogen-bond donors (Lipinski definition) is 0. The fraction of sp³-hybridized carbons (Fsp3) is 1.00. The predicted octanol–water partition coefficient (Wildman–Crippen LogP) is -0.214. The second-order valence-corrected chi connectivity index (χ2v) is 4.87. The van der Waals surface area contributed by atoms with E-state index in [0.29, 0.717) is 0 Å². The van der Waals surface area contributed by atoms with Gasteiger partial charge >= 0.3 is 0 Å². The largest absolute Gasteiger partial charge is 0.305 e. The number of piperazine rings is 1. The summed E-state index contributed by atoms with van der Waals surface area (Å²) in [5.74, 6) is 0. The molecule has 0 amide bonds. The van der Waals surface area contributed by atoms with Crippen LogP contribution in [0.3, 0.4) is 0 Å². The molecule has 0 aromatic rings. The predicted molar refractivity (Wildman–Crippen MR) is 62.8 cm³/mol. The van der Waals surface area contributed by atoms with Gasteiger partial charge in [-0.3, -0.25) is 0 Å². The van der Waals surface area contributed by atoms with Crippen LogP contribution in [0.5, 0.6) is 0 Å². The van der Waals surface area contributed by atoms with E-state index in [1.807, 2.05) is 0 Å². The molecule has 0 spiro atoms. The molecule has 2 aliphatic heterocycles. The molecule has 4 nitrogen and oxygen atoms in total. The Morgan fingerprint density at radius 2 is 1.00 bits per heavy atom. The van der Waals surface area contributed by atoms with E-state index < -0.39 is 0 Å². The van der Waals surface area contributed by atoms with Crippen molar-refractivity contribution in [1.82, 2.24) is 19.8 Å². The number of nitrogens with zero attached hydrogens (tertiary/aromatic N) is 4. The van der Waals surface area contributed by atoms with Gasteiger partial charge in [0.05, 0.1) is 0 Å². The first kappa shape index (κ1) is 11.3. The van der Waals surface area contributed by atoms with Gasteiger partial charge in [0.2, 0.25) is 0 Å². The van der Waals surface area contributed by atoms with E-state index in [1.165, 1.54) is 58.8 Å². The Bertz CT molecular complexity index is 189. The summed E-state index contributed by atoms with van der Waals surface area (Å²) in [5, 5.41) is 5.12. The average molecular weight is 212 g/mol. The lowest BCUT2D eigenvalue weighted by atomic mass is 10.3. The Morgan fingerprint density at radius 3 is 1.60 bits per heavy atom. The summed E-state index contributed by atoms with van der Waals surface area (Å²) in [6.45, 7) is 9.77. The molecule has 0 bridgehead atoms. The Labute approximate surface area is 93.4 Å². The summed E-state index contributed by atoms with van der Waals surface area (Å²) in [5.41, 5.74) is 0. The summed E-state index contributed by atoms with van der Waals surface area (Å²) in [6, 6.07) is 0. The summed E-state index contributed by atoms with van der Waals surface area (Å²) in [6.07, 6.45) is 1.31. The van der Waals surface area contributed by atoms with Gasteiger partial charge in [-0.25, -0.2) is 10.0 Å². The molecule has 0 atom stereocenters. The summed E-state index contributed by atoms with van der Waals surface area (Å²) >= 11 is 0. The molecule has 2 fully saturated rings. The first-order chi connectivity index (χ1) is 7.25. The summed E-state index contributed by atoms with van der Waals surface area (Å²) in [7, 11) is 4.45.